The smallest absolute Gasteiger partial charge is 0.338 e. The molecule has 0 unspecified atom stereocenters. The normalized spacial score (nSPS) is 14.8. The van der Waals surface area contributed by atoms with Crippen molar-refractivity contribution in [1.29, 1.82) is 0 Å². The lowest BCUT2D eigenvalue weighted by molar-refractivity contribution is -0.119. The predicted molar refractivity (Wildman–Crippen MR) is 105 cm³/mol. The number of esters is 1. The van der Waals surface area contributed by atoms with Crippen LogP contribution in [0.2, 0.25) is 5.02 Å². The van der Waals surface area contributed by atoms with Gasteiger partial charge < -0.3 is 24.4 Å². The second-order valence-corrected chi connectivity index (χ2v) is 6.89. The standard InChI is InChI=1S/C20H17ClN2O6/c21-13-8-12(9-16-19(13)29-11-28-16)20(26)27-10-17(24)22-14-4-1-2-5-15(14)23-7-3-6-18(23)25/h1-2,4-5,8-9H,3,6-7,10-11H2,(H,22,24). The second-order valence-electron chi connectivity index (χ2n) is 6.48. The first-order valence-electron chi connectivity index (χ1n) is 8.98. The van der Waals surface area contributed by atoms with Crippen LogP contribution >= 0.6 is 11.6 Å². The van der Waals surface area contributed by atoms with Gasteiger partial charge in [0.05, 0.1) is 22.0 Å². The molecule has 1 saturated heterocycles. The fraction of sp³-hybridized carbons (Fsp3) is 0.250. The molecule has 0 bridgehead atoms. The number of halogens is 1. The highest BCUT2D eigenvalue weighted by atomic mass is 35.5. The van der Waals surface area contributed by atoms with Gasteiger partial charge in [-0.15, -0.1) is 0 Å². The molecule has 1 fully saturated rings. The SMILES string of the molecule is O=C(COC(=O)c1cc(Cl)c2c(c1)OCO2)Nc1ccccc1N1CCCC1=O. The number of hydrogen-bond donors (Lipinski definition) is 1. The predicted octanol–water partition coefficient (Wildman–Crippen LogP) is 2.99. The fourth-order valence-corrected chi connectivity index (χ4v) is 3.47. The van der Waals surface area contributed by atoms with Crippen molar-refractivity contribution in [2.75, 3.05) is 30.2 Å². The van der Waals surface area contributed by atoms with Crippen LogP contribution in [0.1, 0.15) is 23.2 Å². The number of carbonyl (C=O) groups is 3. The van der Waals surface area contributed by atoms with Gasteiger partial charge in [-0.25, -0.2) is 4.79 Å². The van der Waals surface area contributed by atoms with E-state index in [0.29, 0.717) is 35.8 Å². The quantitative estimate of drug-likeness (QED) is 0.753. The maximum Gasteiger partial charge on any atom is 0.338 e. The Balaban J connectivity index is 1.39. The van der Waals surface area contributed by atoms with Crippen LogP contribution in [0, 0.1) is 0 Å². The minimum atomic E-state index is -0.719. The molecule has 2 aromatic carbocycles. The molecule has 0 aliphatic carbocycles. The molecule has 2 aromatic rings. The van der Waals surface area contributed by atoms with Crippen molar-refractivity contribution in [2.24, 2.45) is 0 Å². The molecule has 2 heterocycles. The van der Waals surface area contributed by atoms with E-state index in [0.717, 1.165) is 6.42 Å². The zero-order valence-corrected chi connectivity index (χ0v) is 16.0. The van der Waals surface area contributed by atoms with Crippen molar-refractivity contribution in [3.05, 3.63) is 47.0 Å². The minimum absolute atomic E-state index is 0.0119. The Morgan fingerprint density at radius 1 is 1.21 bits per heavy atom. The average molecular weight is 417 g/mol. The lowest BCUT2D eigenvalue weighted by Gasteiger charge is -2.19. The highest BCUT2D eigenvalue weighted by molar-refractivity contribution is 6.32. The Morgan fingerprint density at radius 2 is 2.03 bits per heavy atom. The summed E-state index contributed by atoms with van der Waals surface area (Å²) in [6, 6.07) is 9.84. The molecular weight excluding hydrogens is 400 g/mol. The van der Waals surface area contributed by atoms with Crippen LogP contribution < -0.4 is 19.7 Å². The van der Waals surface area contributed by atoms with Crippen molar-refractivity contribution < 1.29 is 28.6 Å². The van der Waals surface area contributed by atoms with Crippen LogP contribution in [-0.2, 0) is 14.3 Å². The summed E-state index contributed by atoms with van der Waals surface area (Å²) in [7, 11) is 0. The Bertz CT molecular complexity index is 993. The number of carbonyl (C=O) groups excluding carboxylic acids is 3. The Morgan fingerprint density at radius 3 is 2.83 bits per heavy atom. The minimum Gasteiger partial charge on any atom is -0.454 e. The van der Waals surface area contributed by atoms with Crippen LogP contribution in [-0.4, -0.2) is 37.7 Å². The maximum atomic E-state index is 12.3. The molecule has 0 saturated carbocycles. The number of ether oxygens (including phenoxy) is 3. The van der Waals surface area contributed by atoms with E-state index >= 15 is 0 Å². The number of benzene rings is 2. The van der Waals surface area contributed by atoms with E-state index in [4.69, 9.17) is 25.8 Å². The summed E-state index contributed by atoms with van der Waals surface area (Å²) in [5.41, 5.74) is 1.25. The van der Waals surface area contributed by atoms with Gasteiger partial charge in [-0.3, -0.25) is 9.59 Å². The third kappa shape index (κ3) is 3.97. The zero-order chi connectivity index (χ0) is 20.4. The summed E-state index contributed by atoms with van der Waals surface area (Å²) in [5.74, 6) is -0.516. The van der Waals surface area contributed by atoms with Gasteiger partial charge in [-0.05, 0) is 30.7 Å². The van der Waals surface area contributed by atoms with E-state index in [1.165, 1.54) is 12.1 Å². The summed E-state index contributed by atoms with van der Waals surface area (Å²) in [6.07, 6.45) is 1.26. The van der Waals surface area contributed by atoms with Crippen LogP contribution in [0.25, 0.3) is 0 Å². The van der Waals surface area contributed by atoms with E-state index in [9.17, 15) is 14.4 Å². The number of amides is 2. The molecule has 9 heteroatoms. The van der Waals surface area contributed by atoms with Crippen LogP contribution in [0.4, 0.5) is 11.4 Å². The van der Waals surface area contributed by atoms with Gasteiger partial charge >= 0.3 is 5.97 Å². The number of anilines is 2. The Labute approximate surface area is 171 Å². The van der Waals surface area contributed by atoms with Crippen molar-refractivity contribution >= 4 is 40.8 Å². The molecule has 1 N–H and O–H groups in total. The van der Waals surface area contributed by atoms with E-state index in [2.05, 4.69) is 5.32 Å². The topological polar surface area (TPSA) is 94.2 Å². The van der Waals surface area contributed by atoms with Crippen molar-refractivity contribution in [3.8, 4) is 11.5 Å². The molecule has 2 amide bonds. The number of para-hydroxylation sites is 2. The highest BCUT2D eigenvalue weighted by Gasteiger charge is 2.25. The molecule has 0 radical (unpaired) electrons. The Kier molecular flexibility index (Phi) is 5.26. The van der Waals surface area contributed by atoms with Crippen LogP contribution in [0.5, 0.6) is 11.5 Å². The first-order chi connectivity index (χ1) is 14.0. The van der Waals surface area contributed by atoms with Gasteiger partial charge in [0.2, 0.25) is 12.7 Å². The third-order valence-electron chi connectivity index (χ3n) is 4.54. The van der Waals surface area contributed by atoms with Crippen LogP contribution in [0.3, 0.4) is 0 Å². The van der Waals surface area contributed by atoms with E-state index in [-0.39, 0.29) is 23.3 Å². The molecule has 2 aliphatic heterocycles. The van der Waals surface area contributed by atoms with Gasteiger partial charge in [0, 0.05) is 13.0 Å². The average Bonchev–Trinajstić information content (AvgIpc) is 3.35. The molecule has 8 nitrogen and oxygen atoms in total. The van der Waals surface area contributed by atoms with Gasteiger partial charge in [0.1, 0.15) is 0 Å². The molecule has 29 heavy (non-hydrogen) atoms. The summed E-state index contributed by atoms with van der Waals surface area (Å²) in [6.45, 7) is 0.133. The number of fused-ring (bicyclic) bond motifs is 1. The summed E-state index contributed by atoms with van der Waals surface area (Å²) in [5, 5.41) is 2.91. The lowest BCUT2D eigenvalue weighted by atomic mass is 10.2. The zero-order valence-electron chi connectivity index (χ0n) is 15.3. The lowest BCUT2D eigenvalue weighted by Crippen LogP contribution is -2.27. The number of rotatable bonds is 5. The van der Waals surface area contributed by atoms with E-state index in [1.807, 2.05) is 0 Å². The molecule has 150 valence electrons. The van der Waals surface area contributed by atoms with Gasteiger partial charge in [0.15, 0.2) is 18.1 Å². The summed E-state index contributed by atoms with van der Waals surface area (Å²) >= 11 is 6.06. The molecule has 0 spiro atoms. The van der Waals surface area contributed by atoms with Gasteiger partial charge in [-0.1, -0.05) is 23.7 Å². The summed E-state index contributed by atoms with van der Waals surface area (Å²) < 4.78 is 15.5. The highest BCUT2D eigenvalue weighted by Crippen LogP contribution is 2.40. The van der Waals surface area contributed by atoms with Crippen molar-refractivity contribution in [2.45, 2.75) is 12.8 Å². The molecule has 0 aromatic heterocycles. The first-order valence-corrected chi connectivity index (χ1v) is 9.36. The van der Waals surface area contributed by atoms with Gasteiger partial charge in [0.25, 0.3) is 5.91 Å². The third-order valence-corrected chi connectivity index (χ3v) is 4.82. The molecule has 2 aliphatic rings. The van der Waals surface area contributed by atoms with Gasteiger partial charge in [-0.2, -0.15) is 0 Å². The largest absolute Gasteiger partial charge is 0.454 e. The number of nitrogens with zero attached hydrogens (tertiary/aromatic N) is 1. The van der Waals surface area contributed by atoms with E-state index < -0.39 is 18.5 Å². The summed E-state index contributed by atoms with van der Waals surface area (Å²) in [4.78, 5) is 38.2. The molecule has 4 rings (SSSR count). The van der Waals surface area contributed by atoms with Crippen LogP contribution in [0.15, 0.2) is 36.4 Å². The maximum absolute atomic E-state index is 12.3. The van der Waals surface area contributed by atoms with E-state index in [1.54, 1.807) is 29.2 Å². The number of nitrogens with one attached hydrogen (secondary N) is 1. The fourth-order valence-electron chi connectivity index (χ4n) is 3.20. The number of hydrogen-bond acceptors (Lipinski definition) is 6. The second kappa shape index (κ2) is 8.00. The molecule has 0 atom stereocenters. The van der Waals surface area contributed by atoms with Crippen molar-refractivity contribution in [1.82, 2.24) is 0 Å². The Hall–Kier alpha value is -3.26. The van der Waals surface area contributed by atoms with Crippen molar-refractivity contribution in [3.63, 3.8) is 0 Å². The molecular formula is C20H17ClN2O6. The first kappa shape index (κ1) is 19.1. The monoisotopic (exact) mass is 416 g/mol.